The van der Waals surface area contributed by atoms with Crippen molar-refractivity contribution in [1.29, 1.82) is 0 Å². The molecule has 1 unspecified atom stereocenters. The van der Waals surface area contributed by atoms with E-state index in [4.69, 9.17) is 5.11 Å². The highest BCUT2D eigenvalue weighted by Crippen LogP contribution is 2.28. The van der Waals surface area contributed by atoms with E-state index in [1.54, 1.807) is 16.7 Å². The summed E-state index contributed by atoms with van der Waals surface area (Å²) in [4.78, 5) is 27.5. The number of hydrogen-bond donors (Lipinski definition) is 1. The summed E-state index contributed by atoms with van der Waals surface area (Å²) in [5.74, 6) is 0.813. The number of hydrogen-bond acceptors (Lipinski definition) is 4. The molecule has 0 aromatic heterocycles. The largest absolute Gasteiger partial charge is 0.481 e. The normalized spacial score (nSPS) is 20.8. The summed E-state index contributed by atoms with van der Waals surface area (Å²) in [5, 5.41) is 9.02. The number of carbonyl (C=O) groups excluding carboxylic acids is 1. The Morgan fingerprint density at radius 1 is 1.27 bits per heavy atom. The number of rotatable bonds is 4. The van der Waals surface area contributed by atoms with Crippen LogP contribution >= 0.6 is 11.8 Å². The van der Waals surface area contributed by atoms with Gasteiger partial charge in [-0.3, -0.25) is 9.59 Å². The molecule has 1 fully saturated rings. The number of benzene rings is 1. The maximum atomic E-state index is 12.6. The lowest BCUT2D eigenvalue weighted by atomic mass is 10.2. The molecular formula is C16H20N2O3S. The second-order valence-corrected chi connectivity index (χ2v) is 6.86. The zero-order chi connectivity index (χ0) is 15.5. The summed E-state index contributed by atoms with van der Waals surface area (Å²) in [6.45, 7) is 1.85. The minimum atomic E-state index is -0.836. The van der Waals surface area contributed by atoms with Gasteiger partial charge in [0.2, 0.25) is 5.91 Å². The maximum Gasteiger partial charge on any atom is 0.305 e. The maximum absolute atomic E-state index is 12.6. The van der Waals surface area contributed by atoms with E-state index in [1.807, 2.05) is 12.1 Å². The van der Waals surface area contributed by atoms with Crippen molar-refractivity contribution < 1.29 is 14.7 Å². The molecule has 1 aromatic carbocycles. The molecule has 22 heavy (non-hydrogen) atoms. The number of carboxylic acids is 1. The van der Waals surface area contributed by atoms with Crippen LogP contribution in [0.1, 0.15) is 12.0 Å². The number of nitrogens with zero attached hydrogens (tertiary/aromatic N) is 2. The zero-order valence-corrected chi connectivity index (χ0v) is 13.2. The average molecular weight is 320 g/mol. The van der Waals surface area contributed by atoms with Crippen molar-refractivity contribution in [2.75, 3.05) is 36.0 Å². The van der Waals surface area contributed by atoms with Crippen LogP contribution < -0.4 is 4.90 Å². The molecule has 3 rings (SSSR count). The fourth-order valence-electron chi connectivity index (χ4n) is 3.18. The number of thioether (sulfide) groups is 1. The molecule has 1 saturated heterocycles. The van der Waals surface area contributed by atoms with Gasteiger partial charge in [-0.05, 0) is 18.1 Å². The Hall–Kier alpha value is -1.69. The number of para-hydroxylation sites is 1. The fraction of sp³-hybridized carbons (Fsp3) is 0.500. The lowest BCUT2D eigenvalue weighted by Gasteiger charge is -2.36. The van der Waals surface area contributed by atoms with Gasteiger partial charge in [0.15, 0.2) is 0 Å². The lowest BCUT2D eigenvalue weighted by molar-refractivity contribution is -0.140. The van der Waals surface area contributed by atoms with Gasteiger partial charge < -0.3 is 14.9 Å². The molecular weight excluding hydrogens is 300 g/mol. The van der Waals surface area contributed by atoms with Crippen LogP contribution in [0.2, 0.25) is 0 Å². The van der Waals surface area contributed by atoms with Gasteiger partial charge in [-0.2, -0.15) is 11.8 Å². The molecule has 1 N–H and O–H groups in total. The lowest BCUT2D eigenvalue weighted by Crippen LogP contribution is -2.50. The van der Waals surface area contributed by atoms with Crippen LogP contribution in [0, 0.1) is 0 Å². The standard InChI is InChI=1S/C16H20N2O3S/c19-15(18-7-8-22-11-13(18)9-16(20)21)10-17-6-5-12-3-1-2-4-14(12)17/h1-4,13H,5-11H2,(H,20,21). The molecule has 0 saturated carbocycles. The molecule has 1 amide bonds. The second-order valence-electron chi connectivity index (χ2n) is 5.71. The topological polar surface area (TPSA) is 60.9 Å². The Labute approximate surface area is 134 Å². The summed E-state index contributed by atoms with van der Waals surface area (Å²) >= 11 is 1.73. The number of aliphatic carboxylic acids is 1. The Bertz CT molecular complexity index is 578. The van der Waals surface area contributed by atoms with E-state index in [0.717, 1.165) is 24.4 Å². The van der Waals surface area contributed by atoms with Crippen molar-refractivity contribution in [3.63, 3.8) is 0 Å². The summed E-state index contributed by atoms with van der Waals surface area (Å²) in [5.41, 5.74) is 2.42. The van der Waals surface area contributed by atoms with E-state index in [1.165, 1.54) is 5.56 Å². The molecule has 0 spiro atoms. The van der Waals surface area contributed by atoms with Gasteiger partial charge >= 0.3 is 5.97 Å². The van der Waals surface area contributed by atoms with Crippen LogP contribution in [0.25, 0.3) is 0 Å². The third kappa shape index (κ3) is 3.21. The van der Waals surface area contributed by atoms with Gasteiger partial charge in [0, 0.05) is 30.3 Å². The molecule has 2 aliphatic rings. The molecule has 1 aromatic rings. The minimum absolute atomic E-state index is 0.0370. The van der Waals surface area contributed by atoms with Crippen molar-refractivity contribution in [1.82, 2.24) is 4.90 Å². The predicted molar refractivity (Wildman–Crippen MR) is 87.4 cm³/mol. The van der Waals surface area contributed by atoms with Crippen molar-refractivity contribution in [2.45, 2.75) is 18.9 Å². The number of amides is 1. The average Bonchev–Trinajstić information content (AvgIpc) is 2.90. The van der Waals surface area contributed by atoms with Gasteiger partial charge in [-0.15, -0.1) is 0 Å². The summed E-state index contributed by atoms with van der Waals surface area (Å²) in [6, 6.07) is 7.99. The SMILES string of the molecule is O=C(O)CC1CSCCN1C(=O)CN1CCc2ccccc21. The summed E-state index contributed by atoms with van der Waals surface area (Å²) < 4.78 is 0. The van der Waals surface area contributed by atoms with Crippen molar-refractivity contribution in [3.8, 4) is 0 Å². The highest BCUT2D eigenvalue weighted by atomic mass is 32.2. The number of carbonyl (C=O) groups is 2. The van der Waals surface area contributed by atoms with Crippen LogP contribution in [-0.2, 0) is 16.0 Å². The van der Waals surface area contributed by atoms with Gasteiger partial charge in [0.1, 0.15) is 0 Å². The quantitative estimate of drug-likeness (QED) is 0.910. The number of carboxylic acid groups (broad SMARTS) is 1. The Kier molecular flexibility index (Phi) is 4.57. The third-order valence-corrected chi connectivity index (χ3v) is 5.36. The molecule has 5 nitrogen and oxygen atoms in total. The Morgan fingerprint density at radius 2 is 2.09 bits per heavy atom. The first-order valence-corrected chi connectivity index (χ1v) is 8.72. The fourth-order valence-corrected chi connectivity index (χ4v) is 4.24. The molecule has 118 valence electrons. The number of fused-ring (bicyclic) bond motifs is 1. The van der Waals surface area contributed by atoms with Gasteiger partial charge in [0.05, 0.1) is 19.0 Å². The Morgan fingerprint density at radius 3 is 2.91 bits per heavy atom. The van der Waals surface area contributed by atoms with E-state index in [2.05, 4.69) is 17.0 Å². The van der Waals surface area contributed by atoms with E-state index >= 15 is 0 Å². The van der Waals surface area contributed by atoms with E-state index in [0.29, 0.717) is 18.8 Å². The second kappa shape index (κ2) is 6.60. The molecule has 0 radical (unpaired) electrons. The first-order valence-electron chi connectivity index (χ1n) is 7.57. The van der Waals surface area contributed by atoms with E-state index < -0.39 is 5.97 Å². The predicted octanol–water partition coefficient (Wildman–Crippen LogP) is 1.47. The summed E-state index contributed by atoms with van der Waals surface area (Å²) in [6.07, 6.45) is 1.01. The van der Waals surface area contributed by atoms with E-state index in [-0.39, 0.29) is 18.4 Å². The minimum Gasteiger partial charge on any atom is -0.481 e. The van der Waals surface area contributed by atoms with Crippen LogP contribution in [0.3, 0.4) is 0 Å². The van der Waals surface area contributed by atoms with Crippen molar-refractivity contribution in [2.24, 2.45) is 0 Å². The third-order valence-electron chi connectivity index (χ3n) is 4.27. The summed E-state index contributed by atoms with van der Waals surface area (Å²) in [7, 11) is 0. The first-order chi connectivity index (χ1) is 10.6. The van der Waals surface area contributed by atoms with Gasteiger partial charge in [-0.25, -0.2) is 0 Å². The monoisotopic (exact) mass is 320 g/mol. The molecule has 0 bridgehead atoms. The van der Waals surface area contributed by atoms with Gasteiger partial charge in [-0.1, -0.05) is 18.2 Å². The highest BCUT2D eigenvalue weighted by molar-refractivity contribution is 7.99. The highest BCUT2D eigenvalue weighted by Gasteiger charge is 2.30. The van der Waals surface area contributed by atoms with E-state index in [9.17, 15) is 9.59 Å². The molecule has 1 atom stereocenters. The first kappa shape index (κ1) is 15.2. The zero-order valence-electron chi connectivity index (χ0n) is 12.4. The van der Waals surface area contributed by atoms with Crippen molar-refractivity contribution >= 4 is 29.3 Å². The smallest absolute Gasteiger partial charge is 0.305 e. The molecule has 2 aliphatic heterocycles. The van der Waals surface area contributed by atoms with Crippen molar-refractivity contribution in [3.05, 3.63) is 29.8 Å². The molecule has 2 heterocycles. The Balaban J connectivity index is 1.67. The number of anilines is 1. The van der Waals surface area contributed by atoms with Crippen LogP contribution in [0.15, 0.2) is 24.3 Å². The molecule has 0 aliphatic carbocycles. The van der Waals surface area contributed by atoms with Crippen LogP contribution in [-0.4, -0.2) is 59.1 Å². The van der Waals surface area contributed by atoms with Crippen LogP contribution in [0.4, 0.5) is 5.69 Å². The van der Waals surface area contributed by atoms with Gasteiger partial charge in [0.25, 0.3) is 0 Å². The molecule has 6 heteroatoms. The van der Waals surface area contributed by atoms with Crippen LogP contribution in [0.5, 0.6) is 0 Å².